The van der Waals surface area contributed by atoms with Gasteiger partial charge < -0.3 is 9.47 Å². The van der Waals surface area contributed by atoms with Gasteiger partial charge in [-0.2, -0.15) is 12.6 Å². The third kappa shape index (κ3) is 2.58. The lowest BCUT2D eigenvalue weighted by Gasteiger charge is -2.11. The Morgan fingerprint density at radius 2 is 2.00 bits per heavy atom. The molecule has 0 bridgehead atoms. The first kappa shape index (κ1) is 11.7. The number of halogens is 1. The summed E-state index contributed by atoms with van der Waals surface area (Å²) in [5.74, 6) is 2.42. The molecule has 0 aromatic heterocycles. The van der Waals surface area contributed by atoms with E-state index in [1.54, 1.807) is 14.2 Å². The summed E-state index contributed by atoms with van der Waals surface area (Å²) in [7, 11) is 3.29. The summed E-state index contributed by atoms with van der Waals surface area (Å²) >= 11 is 7.69. The minimum absolute atomic E-state index is 0.789. The maximum atomic E-state index is 5.28. The van der Waals surface area contributed by atoms with Gasteiger partial charge in [-0.05, 0) is 18.2 Å². The van der Waals surface area contributed by atoms with Crippen molar-refractivity contribution < 1.29 is 9.47 Å². The molecule has 4 heteroatoms. The Morgan fingerprint density at radius 3 is 2.50 bits per heavy atom. The molecule has 0 saturated carbocycles. The molecular weight excluding hydrogens is 264 g/mol. The van der Waals surface area contributed by atoms with Crippen molar-refractivity contribution >= 4 is 28.6 Å². The fourth-order valence-corrected chi connectivity index (χ4v) is 2.08. The second-order valence-corrected chi connectivity index (χ2v) is 4.07. The number of hydrogen-bond acceptors (Lipinski definition) is 3. The molecule has 78 valence electrons. The lowest BCUT2D eigenvalue weighted by molar-refractivity contribution is 0.391. The molecule has 1 aromatic carbocycles. The summed E-state index contributed by atoms with van der Waals surface area (Å²) in [4.78, 5) is 0. The van der Waals surface area contributed by atoms with Crippen LogP contribution in [-0.4, -0.2) is 20.0 Å². The first-order chi connectivity index (χ1) is 6.72. The average Bonchev–Trinajstić information content (AvgIpc) is 2.20. The minimum Gasteiger partial charge on any atom is -0.497 e. The van der Waals surface area contributed by atoms with Crippen molar-refractivity contribution in [2.24, 2.45) is 0 Å². The highest BCUT2D eigenvalue weighted by atomic mass is 79.9. The van der Waals surface area contributed by atoms with E-state index in [1.165, 1.54) is 0 Å². The van der Waals surface area contributed by atoms with E-state index in [-0.39, 0.29) is 0 Å². The van der Waals surface area contributed by atoms with Crippen molar-refractivity contribution in [3.63, 3.8) is 0 Å². The first-order valence-corrected chi connectivity index (χ1v) is 5.66. The van der Waals surface area contributed by atoms with Crippen molar-refractivity contribution in [2.45, 2.75) is 6.42 Å². The van der Waals surface area contributed by atoms with Gasteiger partial charge in [0.25, 0.3) is 0 Å². The minimum atomic E-state index is 0.789. The Morgan fingerprint density at radius 1 is 1.29 bits per heavy atom. The second kappa shape index (κ2) is 5.51. The van der Waals surface area contributed by atoms with Crippen LogP contribution < -0.4 is 9.47 Å². The molecule has 1 aromatic rings. The topological polar surface area (TPSA) is 18.5 Å². The molecule has 0 aliphatic carbocycles. The van der Waals surface area contributed by atoms with Crippen molar-refractivity contribution in [2.75, 3.05) is 20.0 Å². The third-order valence-electron chi connectivity index (χ3n) is 1.95. The Labute approximate surface area is 98.1 Å². The number of rotatable bonds is 4. The van der Waals surface area contributed by atoms with Crippen LogP contribution in [0, 0.1) is 0 Å². The molecule has 0 heterocycles. The van der Waals surface area contributed by atoms with Gasteiger partial charge >= 0.3 is 0 Å². The number of methoxy groups -OCH3 is 2. The first-order valence-electron chi connectivity index (χ1n) is 4.24. The quantitative estimate of drug-likeness (QED) is 0.853. The number of hydrogen-bond donors (Lipinski definition) is 1. The number of benzene rings is 1. The molecule has 0 saturated heterocycles. The summed E-state index contributed by atoms with van der Waals surface area (Å²) in [6.07, 6.45) is 0.872. The van der Waals surface area contributed by atoms with Gasteiger partial charge in [-0.3, -0.25) is 0 Å². The number of thiol groups is 1. The molecule has 0 aliphatic heterocycles. The Balaban J connectivity index is 3.13. The molecule has 0 N–H and O–H groups in total. The standard InChI is InChI=1S/C10H13BrO2S/c1-12-7-5-9(11)8(3-4-14)10(6-7)13-2/h5-6,14H,3-4H2,1-2H3. The average molecular weight is 277 g/mol. The van der Waals surface area contributed by atoms with E-state index in [1.807, 2.05) is 12.1 Å². The van der Waals surface area contributed by atoms with Crippen LogP contribution in [0.4, 0.5) is 0 Å². The van der Waals surface area contributed by atoms with Gasteiger partial charge in [0, 0.05) is 16.1 Å². The van der Waals surface area contributed by atoms with E-state index in [4.69, 9.17) is 9.47 Å². The van der Waals surface area contributed by atoms with E-state index in [9.17, 15) is 0 Å². The lowest BCUT2D eigenvalue weighted by Crippen LogP contribution is -1.96. The van der Waals surface area contributed by atoms with Crippen LogP contribution in [0.1, 0.15) is 5.56 Å². The van der Waals surface area contributed by atoms with Crippen LogP contribution in [0.15, 0.2) is 16.6 Å². The summed E-state index contributed by atoms with van der Waals surface area (Å²) in [6, 6.07) is 3.81. The van der Waals surface area contributed by atoms with E-state index in [0.29, 0.717) is 0 Å². The van der Waals surface area contributed by atoms with E-state index in [2.05, 4.69) is 28.6 Å². The lowest BCUT2D eigenvalue weighted by atomic mass is 10.1. The molecule has 14 heavy (non-hydrogen) atoms. The van der Waals surface area contributed by atoms with Gasteiger partial charge in [-0.15, -0.1) is 0 Å². The normalized spacial score (nSPS) is 10.0. The summed E-state index contributed by atoms with van der Waals surface area (Å²) in [5, 5.41) is 0. The van der Waals surface area contributed by atoms with Gasteiger partial charge in [-0.1, -0.05) is 15.9 Å². The van der Waals surface area contributed by atoms with Crippen LogP contribution in [-0.2, 0) is 6.42 Å². The summed E-state index contributed by atoms with van der Waals surface area (Å²) in [6.45, 7) is 0. The Hall–Kier alpha value is -0.350. The SMILES string of the molecule is COc1cc(Br)c(CCS)c(OC)c1. The van der Waals surface area contributed by atoms with E-state index < -0.39 is 0 Å². The van der Waals surface area contributed by atoms with Crippen LogP contribution in [0.25, 0.3) is 0 Å². The maximum Gasteiger partial charge on any atom is 0.126 e. The molecular formula is C10H13BrO2S. The van der Waals surface area contributed by atoms with Gasteiger partial charge in [0.15, 0.2) is 0 Å². The smallest absolute Gasteiger partial charge is 0.126 e. The van der Waals surface area contributed by atoms with Crippen LogP contribution in [0.3, 0.4) is 0 Å². The predicted molar refractivity (Wildman–Crippen MR) is 64.8 cm³/mol. The second-order valence-electron chi connectivity index (χ2n) is 2.76. The number of ether oxygens (including phenoxy) is 2. The molecule has 0 fully saturated rings. The van der Waals surface area contributed by atoms with Gasteiger partial charge in [-0.25, -0.2) is 0 Å². The molecule has 0 aliphatic rings. The van der Waals surface area contributed by atoms with Crippen molar-refractivity contribution in [1.29, 1.82) is 0 Å². The Kier molecular flexibility index (Phi) is 4.62. The molecule has 0 radical (unpaired) electrons. The van der Waals surface area contributed by atoms with E-state index in [0.717, 1.165) is 33.7 Å². The molecule has 0 atom stereocenters. The molecule has 1 rings (SSSR count). The molecule has 0 amide bonds. The molecule has 0 spiro atoms. The molecule has 0 unspecified atom stereocenters. The van der Waals surface area contributed by atoms with Crippen LogP contribution in [0.5, 0.6) is 11.5 Å². The monoisotopic (exact) mass is 276 g/mol. The van der Waals surface area contributed by atoms with E-state index >= 15 is 0 Å². The Bertz CT molecular complexity index is 315. The van der Waals surface area contributed by atoms with Gasteiger partial charge in [0.05, 0.1) is 14.2 Å². The van der Waals surface area contributed by atoms with Crippen LogP contribution in [0.2, 0.25) is 0 Å². The predicted octanol–water partition coefficient (Wildman–Crippen LogP) is 2.94. The third-order valence-corrected chi connectivity index (χ3v) is 2.88. The fourth-order valence-electron chi connectivity index (χ4n) is 1.24. The maximum absolute atomic E-state index is 5.28. The van der Waals surface area contributed by atoms with Crippen molar-refractivity contribution in [3.05, 3.63) is 22.2 Å². The zero-order chi connectivity index (χ0) is 10.6. The molecule has 2 nitrogen and oxygen atoms in total. The zero-order valence-corrected chi connectivity index (χ0v) is 10.7. The summed E-state index contributed by atoms with van der Waals surface area (Å²) < 4.78 is 11.4. The van der Waals surface area contributed by atoms with Gasteiger partial charge in [0.2, 0.25) is 0 Å². The largest absolute Gasteiger partial charge is 0.497 e. The zero-order valence-electron chi connectivity index (χ0n) is 8.21. The van der Waals surface area contributed by atoms with Crippen molar-refractivity contribution in [3.8, 4) is 11.5 Å². The van der Waals surface area contributed by atoms with Crippen molar-refractivity contribution in [1.82, 2.24) is 0 Å². The van der Waals surface area contributed by atoms with Gasteiger partial charge in [0.1, 0.15) is 11.5 Å². The fraction of sp³-hybridized carbons (Fsp3) is 0.400. The highest BCUT2D eigenvalue weighted by molar-refractivity contribution is 9.10. The highest BCUT2D eigenvalue weighted by Crippen LogP contribution is 2.32. The highest BCUT2D eigenvalue weighted by Gasteiger charge is 2.09. The summed E-state index contributed by atoms with van der Waals surface area (Å²) in [5.41, 5.74) is 1.13. The van der Waals surface area contributed by atoms with Crippen LogP contribution >= 0.6 is 28.6 Å².